The van der Waals surface area contributed by atoms with E-state index in [9.17, 15) is 32.6 Å². The first-order valence-corrected chi connectivity index (χ1v) is 25.7. The summed E-state index contributed by atoms with van der Waals surface area (Å²) in [5.41, 5.74) is 0.862. The summed E-state index contributed by atoms with van der Waals surface area (Å²) in [5.74, 6) is -2.85. The highest BCUT2D eigenvalue weighted by Gasteiger charge is 2.66. The second-order valence-corrected chi connectivity index (χ2v) is 21.8. The second kappa shape index (κ2) is 19.7. The lowest BCUT2D eigenvalue weighted by Gasteiger charge is -2.31. The Bertz CT molecular complexity index is 2450. The lowest BCUT2D eigenvalue weighted by atomic mass is 10.0. The third-order valence-electron chi connectivity index (χ3n) is 13.1. The minimum absolute atomic E-state index is 0.0442. The number of alkyl carbamates (subject to hydrolysis) is 1. The summed E-state index contributed by atoms with van der Waals surface area (Å²) in [5, 5.41) is 10.7. The molecule has 2 aromatic carbocycles. The Balaban J connectivity index is 1.14. The molecule has 14 nitrogen and oxygen atoms in total. The van der Waals surface area contributed by atoms with E-state index in [4.69, 9.17) is 35.8 Å². The molecule has 3 amide bonds. The molecule has 4 aliphatic rings. The van der Waals surface area contributed by atoms with Crippen LogP contribution >= 0.6 is 30.3 Å². The summed E-state index contributed by atoms with van der Waals surface area (Å²) in [4.78, 5) is 65.9. The Labute approximate surface area is 386 Å². The lowest BCUT2D eigenvalue weighted by molar-refractivity contribution is -0.140. The predicted molar refractivity (Wildman–Crippen MR) is 245 cm³/mol. The molecule has 2 aliphatic heterocycles. The minimum Gasteiger partial charge on any atom is -0.495 e. The Morgan fingerprint density at radius 1 is 1.00 bits per heavy atom. The maximum atomic E-state index is 15.0. The van der Waals surface area contributed by atoms with Crippen LogP contribution in [0.3, 0.4) is 0 Å². The van der Waals surface area contributed by atoms with Gasteiger partial charge < -0.3 is 40.0 Å². The molecule has 2 aromatic heterocycles. The van der Waals surface area contributed by atoms with Crippen molar-refractivity contribution >= 4 is 64.2 Å². The molecule has 0 radical (unpaired) electrons. The van der Waals surface area contributed by atoms with Crippen LogP contribution in [0.2, 0.25) is 5.02 Å². The number of methoxy groups -OCH3 is 1. The molecule has 0 bridgehead atoms. The van der Waals surface area contributed by atoms with Gasteiger partial charge in [0.05, 0.1) is 31.0 Å². The average Bonchev–Trinajstić information content (AvgIpc) is 3.68. The summed E-state index contributed by atoms with van der Waals surface area (Å²) in [7, 11) is -3.06. The minimum atomic E-state index is -4.56. The summed E-state index contributed by atoms with van der Waals surface area (Å²) < 4.78 is 62.5. The molecule has 4 fully saturated rings. The zero-order valence-corrected chi connectivity index (χ0v) is 39.2. The number of amides is 3. The van der Waals surface area contributed by atoms with Gasteiger partial charge in [0.2, 0.25) is 19.2 Å². The normalized spacial score (nSPS) is 25.2. The molecule has 8 rings (SSSR count). The van der Waals surface area contributed by atoms with E-state index in [0.717, 1.165) is 57.1 Å². The van der Waals surface area contributed by atoms with Crippen LogP contribution in [0, 0.1) is 17.6 Å². The monoisotopic (exact) mass is 956 g/mol. The Kier molecular flexibility index (Phi) is 14.2. The molecular weight excluding hydrogens is 901 g/mol. The number of benzene rings is 2. The van der Waals surface area contributed by atoms with Crippen LogP contribution in [0.4, 0.5) is 18.7 Å². The van der Waals surface area contributed by atoms with Crippen LogP contribution in [0.5, 0.6) is 11.5 Å². The van der Waals surface area contributed by atoms with Crippen molar-refractivity contribution in [1.29, 1.82) is 0 Å². The van der Waals surface area contributed by atoms with Gasteiger partial charge in [0.25, 0.3) is 0 Å². The average molecular weight is 957 g/mol. The van der Waals surface area contributed by atoms with Gasteiger partial charge in [-0.25, -0.2) is 23.5 Å². The Morgan fingerprint density at radius 2 is 1.71 bits per heavy atom. The van der Waals surface area contributed by atoms with E-state index in [1.807, 2.05) is 19.2 Å². The number of thiazole rings is 1. The van der Waals surface area contributed by atoms with Gasteiger partial charge in [0, 0.05) is 34.9 Å². The van der Waals surface area contributed by atoms with Crippen molar-refractivity contribution in [3.63, 3.8) is 0 Å². The summed E-state index contributed by atoms with van der Waals surface area (Å²) in [6, 6.07) is 6.29. The number of carbonyl (C=O) groups excluding carboxylic acids is 3. The molecule has 4 heterocycles. The maximum absolute atomic E-state index is 15.0. The van der Waals surface area contributed by atoms with Gasteiger partial charge >= 0.3 is 6.09 Å². The second-order valence-electron chi connectivity index (χ2n) is 18.0. The Hall–Kier alpha value is -4.57. The van der Waals surface area contributed by atoms with Crippen molar-refractivity contribution in [2.24, 2.45) is 5.92 Å². The van der Waals surface area contributed by atoms with Crippen LogP contribution in [0.15, 0.2) is 41.8 Å². The number of ether oxygens (including phenoxy) is 3. The van der Waals surface area contributed by atoms with Gasteiger partial charge in [0.15, 0.2) is 5.13 Å². The van der Waals surface area contributed by atoms with E-state index in [2.05, 4.69) is 16.0 Å². The van der Waals surface area contributed by atoms with E-state index >= 15 is 0 Å². The molecule has 65 heavy (non-hydrogen) atoms. The molecular formula is C46H56ClF2N6O8PS. The van der Waals surface area contributed by atoms with Crippen molar-refractivity contribution in [3.05, 3.63) is 64.0 Å². The molecule has 4 aromatic rings. The number of carbonyl (C=O) groups is 3. The van der Waals surface area contributed by atoms with Gasteiger partial charge in [-0.15, -0.1) is 11.3 Å². The van der Waals surface area contributed by atoms with Gasteiger partial charge in [0.1, 0.15) is 63.4 Å². The highest BCUT2D eigenvalue weighted by atomic mass is 35.5. The van der Waals surface area contributed by atoms with Crippen LogP contribution in [-0.4, -0.2) is 86.9 Å². The first-order chi connectivity index (χ1) is 31.2. The van der Waals surface area contributed by atoms with E-state index in [0.29, 0.717) is 64.6 Å². The molecule has 2 saturated heterocycles. The number of halogens is 3. The first-order valence-electron chi connectivity index (χ1n) is 22.6. The van der Waals surface area contributed by atoms with E-state index in [1.54, 1.807) is 18.2 Å². The van der Waals surface area contributed by atoms with Crippen LogP contribution < -0.4 is 25.4 Å². The zero-order chi connectivity index (χ0) is 46.0. The molecule has 1 unspecified atom stereocenters. The molecule has 6 atom stereocenters. The van der Waals surface area contributed by atoms with E-state index < -0.39 is 78.0 Å². The molecule has 19 heteroatoms. The fourth-order valence-corrected chi connectivity index (χ4v) is 13.2. The standard InChI is InChI=1S/C46H56ClF2N6O8PS/c1-26(2)50-44-52-36(25-65-44)35-21-39(30-18-19-38(61-3)40(47)41(30)51-35)62-29-20-37-42(56)54-46(64(59,60)24-31-32(48)15-11-16-33(31)49)22-27(46)12-7-5-4-6-8-17-34(43(57)55(37)23-29)53-45(58)63-28-13-9-10-14-28/h11,15-16,18-19,21,25-29,34,37H,4-10,12-14,17,20,22-24H2,1-3H3,(H,50,52)(H,53,58)(H,54,56)(H,59,60)/t27-,29+,34-,37-,46-/m0/s1. The number of anilines is 1. The number of nitrogens with zero attached hydrogens (tertiary/aromatic N) is 3. The SMILES string of the molecule is COc1ccc2c(O[C@@H]3C[C@H]4C(=O)N[C@]5(P(=O)(O)Cc6c(F)cccc6F)C[C@@H]5CCCCCCC[C@H](NC(=O)OC5CCCC5)C(=O)N4C3)cc(-c3csc(NC(C)C)n3)nc2c1Cl. The van der Waals surface area contributed by atoms with Gasteiger partial charge in [-0.3, -0.25) is 14.2 Å². The quantitative estimate of drug-likeness (QED) is 0.105. The van der Waals surface area contributed by atoms with Gasteiger partial charge in [-0.2, -0.15) is 0 Å². The molecule has 4 N–H and O–H groups in total. The molecule has 2 aliphatic carbocycles. The number of aromatic nitrogens is 2. The van der Waals surface area contributed by atoms with Crippen molar-refractivity contribution < 1.29 is 46.8 Å². The highest BCUT2D eigenvalue weighted by molar-refractivity contribution is 7.59. The maximum Gasteiger partial charge on any atom is 0.408 e. The fourth-order valence-electron chi connectivity index (χ4n) is 9.58. The smallest absolute Gasteiger partial charge is 0.408 e. The zero-order valence-electron chi connectivity index (χ0n) is 36.7. The van der Waals surface area contributed by atoms with Crippen LogP contribution in [-0.2, 0) is 25.1 Å². The van der Waals surface area contributed by atoms with E-state index in [-0.39, 0.29) is 36.6 Å². The third kappa shape index (κ3) is 10.2. The lowest BCUT2D eigenvalue weighted by Crippen LogP contribution is -2.55. The van der Waals surface area contributed by atoms with Crippen molar-refractivity contribution in [2.75, 3.05) is 19.0 Å². The summed E-state index contributed by atoms with van der Waals surface area (Å²) in [6.07, 6.45) is 5.33. The largest absolute Gasteiger partial charge is 0.495 e. The number of pyridine rings is 1. The summed E-state index contributed by atoms with van der Waals surface area (Å²) in [6.45, 7) is 3.92. The number of hydrogen-bond donors (Lipinski definition) is 4. The Morgan fingerprint density at radius 3 is 2.43 bits per heavy atom. The predicted octanol–water partition coefficient (Wildman–Crippen LogP) is 9.55. The summed E-state index contributed by atoms with van der Waals surface area (Å²) >= 11 is 8.28. The van der Waals surface area contributed by atoms with Crippen molar-refractivity contribution in [2.45, 2.75) is 139 Å². The van der Waals surface area contributed by atoms with E-state index in [1.165, 1.54) is 29.4 Å². The molecule has 2 saturated carbocycles. The van der Waals surface area contributed by atoms with Crippen molar-refractivity contribution in [1.82, 2.24) is 25.5 Å². The number of nitrogens with one attached hydrogen (secondary N) is 3. The third-order valence-corrected chi connectivity index (χ3v) is 16.9. The highest BCUT2D eigenvalue weighted by Crippen LogP contribution is 2.71. The number of rotatable bonds is 11. The van der Waals surface area contributed by atoms with Gasteiger partial charge in [-0.05, 0) is 89.0 Å². The fraction of sp³-hybridized carbons (Fsp3) is 0.543. The van der Waals surface area contributed by atoms with Crippen molar-refractivity contribution in [3.8, 4) is 22.9 Å². The first kappa shape index (κ1) is 46.9. The molecule has 350 valence electrons. The van der Waals surface area contributed by atoms with Crippen LogP contribution in [0.1, 0.15) is 103 Å². The number of fused-ring (bicyclic) bond motifs is 3. The number of hydrogen-bond acceptors (Lipinski definition) is 11. The van der Waals surface area contributed by atoms with Gasteiger partial charge in [-0.1, -0.05) is 49.8 Å². The van der Waals surface area contributed by atoms with Crippen LogP contribution in [0.25, 0.3) is 22.3 Å². The topological polar surface area (TPSA) is 181 Å². The molecule has 0 spiro atoms.